The number of ether oxygens (including phenoxy) is 1. The Kier molecular flexibility index (Phi) is 6.63. The van der Waals surface area contributed by atoms with Gasteiger partial charge in [-0.1, -0.05) is 18.2 Å². The second-order valence-electron chi connectivity index (χ2n) is 9.50. The van der Waals surface area contributed by atoms with Crippen molar-refractivity contribution in [2.45, 2.75) is 57.5 Å². The standard InChI is InChI=1S/C27H33N5O2/c1-18-7-10-23-25(32(18)27(33)19-8-9-19)12-11-22(26(23)34-21-5-3-2-4-6-21)24(31-28)17-30-20-13-15-29-16-14-20/h2-6,11-12,17-20,29H,7-10,13-16,28H2,1H3/t18-/m0/s1. The van der Waals surface area contributed by atoms with E-state index in [-0.39, 0.29) is 23.9 Å². The number of nitrogens with two attached hydrogens (primary N) is 1. The largest absolute Gasteiger partial charge is 0.456 e. The minimum Gasteiger partial charge on any atom is -0.456 e. The summed E-state index contributed by atoms with van der Waals surface area (Å²) in [6.45, 7) is 4.08. The van der Waals surface area contributed by atoms with Crippen molar-refractivity contribution in [1.29, 1.82) is 0 Å². The van der Waals surface area contributed by atoms with Crippen molar-refractivity contribution in [3.8, 4) is 11.5 Å². The zero-order valence-electron chi connectivity index (χ0n) is 19.7. The first kappa shape index (κ1) is 22.6. The number of hydrazone groups is 1. The molecule has 2 heterocycles. The molecule has 34 heavy (non-hydrogen) atoms. The summed E-state index contributed by atoms with van der Waals surface area (Å²) >= 11 is 0. The molecular formula is C27H33N5O2. The zero-order valence-corrected chi connectivity index (χ0v) is 19.7. The molecule has 2 aliphatic heterocycles. The second kappa shape index (κ2) is 9.97. The summed E-state index contributed by atoms with van der Waals surface area (Å²) in [7, 11) is 0. The van der Waals surface area contributed by atoms with Gasteiger partial charge in [0.05, 0.1) is 11.7 Å². The fraction of sp³-hybridized carbons (Fsp3) is 0.444. The molecule has 178 valence electrons. The molecule has 1 saturated heterocycles. The number of nitrogens with zero attached hydrogens (tertiary/aromatic N) is 3. The van der Waals surface area contributed by atoms with Crippen LogP contribution in [-0.4, -0.2) is 43.0 Å². The van der Waals surface area contributed by atoms with Gasteiger partial charge >= 0.3 is 0 Å². The number of carbonyl (C=O) groups is 1. The van der Waals surface area contributed by atoms with Crippen LogP contribution in [0.3, 0.4) is 0 Å². The number of fused-ring (bicyclic) bond motifs is 1. The second-order valence-corrected chi connectivity index (χ2v) is 9.50. The van der Waals surface area contributed by atoms with Gasteiger partial charge in [0, 0.05) is 29.3 Å². The average Bonchev–Trinajstić information content (AvgIpc) is 3.72. The van der Waals surface area contributed by atoms with Crippen LogP contribution < -0.4 is 20.8 Å². The van der Waals surface area contributed by atoms with Gasteiger partial charge in [0.2, 0.25) is 5.91 Å². The number of anilines is 1. The Hall–Kier alpha value is -3.19. The third kappa shape index (κ3) is 4.71. The van der Waals surface area contributed by atoms with E-state index in [0.29, 0.717) is 11.5 Å². The van der Waals surface area contributed by atoms with Gasteiger partial charge in [-0.15, -0.1) is 0 Å². The molecule has 0 unspecified atom stereocenters. The molecule has 5 rings (SSSR count). The number of aliphatic imine (C=N–C) groups is 1. The lowest BCUT2D eigenvalue weighted by atomic mass is 9.92. The van der Waals surface area contributed by atoms with Crippen LogP contribution >= 0.6 is 0 Å². The topological polar surface area (TPSA) is 92.3 Å². The van der Waals surface area contributed by atoms with Crippen LogP contribution in [0.4, 0.5) is 5.69 Å². The first-order valence-corrected chi connectivity index (χ1v) is 12.4. The summed E-state index contributed by atoms with van der Waals surface area (Å²) in [4.78, 5) is 19.9. The number of nitrogens with one attached hydrogen (secondary N) is 1. The Morgan fingerprint density at radius 1 is 1.09 bits per heavy atom. The number of amides is 1. The van der Waals surface area contributed by atoms with E-state index in [1.807, 2.05) is 47.4 Å². The predicted octanol–water partition coefficient (Wildman–Crippen LogP) is 4.04. The maximum absolute atomic E-state index is 13.2. The molecule has 3 N–H and O–H groups in total. The summed E-state index contributed by atoms with van der Waals surface area (Å²) in [5, 5.41) is 7.46. The van der Waals surface area contributed by atoms with Gasteiger partial charge in [0.1, 0.15) is 17.2 Å². The van der Waals surface area contributed by atoms with Crippen molar-refractivity contribution in [3.05, 3.63) is 53.6 Å². The number of rotatable bonds is 6. The fourth-order valence-corrected chi connectivity index (χ4v) is 4.90. The molecule has 2 fully saturated rings. The highest BCUT2D eigenvalue weighted by Crippen LogP contribution is 2.43. The normalized spacial score (nSPS) is 21.5. The van der Waals surface area contributed by atoms with Crippen molar-refractivity contribution < 1.29 is 9.53 Å². The highest BCUT2D eigenvalue weighted by Gasteiger charge is 2.39. The van der Waals surface area contributed by atoms with E-state index in [4.69, 9.17) is 15.6 Å². The van der Waals surface area contributed by atoms with Gasteiger partial charge in [0.25, 0.3) is 0 Å². The van der Waals surface area contributed by atoms with Gasteiger partial charge < -0.3 is 20.8 Å². The van der Waals surface area contributed by atoms with E-state index in [0.717, 1.165) is 74.2 Å². The zero-order chi connectivity index (χ0) is 23.5. The van der Waals surface area contributed by atoms with Crippen LogP contribution in [0, 0.1) is 5.92 Å². The van der Waals surface area contributed by atoms with E-state index < -0.39 is 0 Å². The Morgan fingerprint density at radius 3 is 2.56 bits per heavy atom. The van der Waals surface area contributed by atoms with Gasteiger partial charge in [-0.25, -0.2) is 0 Å². The van der Waals surface area contributed by atoms with Crippen LogP contribution in [-0.2, 0) is 11.2 Å². The van der Waals surface area contributed by atoms with Gasteiger partial charge in [-0.05, 0) is 82.8 Å². The highest BCUT2D eigenvalue weighted by molar-refractivity contribution is 6.39. The third-order valence-corrected chi connectivity index (χ3v) is 7.01. The molecule has 0 aromatic heterocycles. The summed E-state index contributed by atoms with van der Waals surface area (Å²) in [6, 6.07) is 14.2. The lowest BCUT2D eigenvalue weighted by molar-refractivity contribution is -0.120. The molecule has 1 amide bonds. The van der Waals surface area contributed by atoms with Crippen molar-refractivity contribution in [2.24, 2.45) is 21.9 Å². The Morgan fingerprint density at radius 2 is 1.85 bits per heavy atom. The van der Waals surface area contributed by atoms with Gasteiger partial charge in [-0.3, -0.25) is 9.79 Å². The van der Waals surface area contributed by atoms with E-state index in [9.17, 15) is 4.79 Å². The summed E-state index contributed by atoms with van der Waals surface area (Å²) in [5.41, 5.74) is 3.36. The molecule has 2 aromatic carbocycles. The molecule has 1 atom stereocenters. The van der Waals surface area contributed by atoms with Crippen molar-refractivity contribution >= 4 is 23.5 Å². The number of piperidine rings is 1. The van der Waals surface area contributed by atoms with Crippen LogP contribution in [0.15, 0.2) is 52.6 Å². The molecule has 0 radical (unpaired) electrons. The van der Waals surface area contributed by atoms with E-state index in [1.165, 1.54) is 0 Å². The van der Waals surface area contributed by atoms with Crippen molar-refractivity contribution in [2.75, 3.05) is 18.0 Å². The number of para-hydroxylation sites is 1. The number of hydrogen-bond donors (Lipinski definition) is 2. The van der Waals surface area contributed by atoms with Gasteiger partial charge in [0.15, 0.2) is 0 Å². The van der Waals surface area contributed by atoms with E-state index in [1.54, 1.807) is 6.21 Å². The van der Waals surface area contributed by atoms with Crippen LogP contribution in [0.25, 0.3) is 0 Å². The molecule has 7 heteroatoms. The SMILES string of the molecule is C[C@H]1CCc2c(ccc(C(C=NC3CCNCC3)=NN)c2Oc2ccccc2)N1C(=O)C1CC1. The molecule has 1 aliphatic carbocycles. The first-order valence-electron chi connectivity index (χ1n) is 12.4. The van der Waals surface area contributed by atoms with Gasteiger partial charge in [-0.2, -0.15) is 5.10 Å². The molecule has 3 aliphatic rings. The third-order valence-electron chi connectivity index (χ3n) is 7.01. The number of hydrogen-bond acceptors (Lipinski definition) is 6. The highest BCUT2D eigenvalue weighted by atomic mass is 16.5. The van der Waals surface area contributed by atoms with Crippen LogP contribution in [0.2, 0.25) is 0 Å². The number of benzene rings is 2. The summed E-state index contributed by atoms with van der Waals surface area (Å²) < 4.78 is 6.48. The first-order chi connectivity index (χ1) is 16.7. The molecular weight excluding hydrogens is 426 g/mol. The average molecular weight is 460 g/mol. The monoisotopic (exact) mass is 459 g/mol. The minimum atomic E-state index is 0.157. The Labute approximate surface area is 201 Å². The molecule has 2 aromatic rings. The van der Waals surface area contributed by atoms with E-state index in [2.05, 4.69) is 17.3 Å². The van der Waals surface area contributed by atoms with Crippen molar-refractivity contribution in [3.63, 3.8) is 0 Å². The lowest BCUT2D eigenvalue weighted by Crippen LogP contribution is -2.43. The van der Waals surface area contributed by atoms with E-state index >= 15 is 0 Å². The van der Waals surface area contributed by atoms with Crippen molar-refractivity contribution in [1.82, 2.24) is 5.32 Å². The summed E-state index contributed by atoms with van der Waals surface area (Å²) in [6.07, 6.45) is 7.47. The number of carbonyl (C=O) groups excluding carboxylic acids is 1. The minimum absolute atomic E-state index is 0.157. The van der Waals surface area contributed by atoms with Crippen LogP contribution in [0.5, 0.6) is 11.5 Å². The lowest BCUT2D eigenvalue weighted by Gasteiger charge is -2.36. The maximum Gasteiger partial charge on any atom is 0.230 e. The fourth-order valence-electron chi connectivity index (χ4n) is 4.90. The Bertz CT molecular complexity index is 1090. The quantitative estimate of drug-likeness (QED) is 0.387. The molecule has 7 nitrogen and oxygen atoms in total. The maximum atomic E-state index is 13.2. The smallest absolute Gasteiger partial charge is 0.230 e. The summed E-state index contributed by atoms with van der Waals surface area (Å²) in [5.74, 6) is 7.71. The Balaban J connectivity index is 1.55. The molecule has 0 spiro atoms. The van der Waals surface area contributed by atoms with Crippen LogP contribution in [0.1, 0.15) is 50.2 Å². The predicted molar refractivity (Wildman–Crippen MR) is 136 cm³/mol. The molecule has 1 saturated carbocycles. The molecule has 0 bridgehead atoms.